The van der Waals surface area contributed by atoms with E-state index < -0.39 is 98.0 Å². The van der Waals surface area contributed by atoms with Gasteiger partial charge in [0.2, 0.25) is 0 Å². The third-order valence-electron chi connectivity index (χ3n) is 13.7. The van der Waals surface area contributed by atoms with Crippen molar-refractivity contribution < 1.29 is 43.2 Å². The quantitative estimate of drug-likeness (QED) is 0.136. The minimum atomic E-state index is -1.71. The lowest BCUT2D eigenvalue weighted by Gasteiger charge is -2.33. The van der Waals surface area contributed by atoms with Gasteiger partial charge in [-0.3, -0.25) is 43.2 Å². The second-order valence-electron chi connectivity index (χ2n) is 20.2. The van der Waals surface area contributed by atoms with Crippen LogP contribution in [0.4, 0.5) is 0 Å². The van der Waals surface area contributed by atoms with Crippen molar-refractivity contribution >= 4 is 62.8 Å². The molecule has 0 aliphatic heterocycles. The van der Waals surface area contributed by atoms with E-state index in [1.807, 2.05) is 48.5 Å². The molecule has 336 valence electrons. The monoisotopic (exact) mass is 866 g/mol. The van der Waals surface area contributed by atoms with Gasteiger partial charge in [0, 0.05) is 60.0 Å². The zero-order valence-electron chi connectivity index (χ0n) is 39.0. The normalized spacial score (nSPS) is 23.8. The summed E-state index contributed by atoms with van der Waals surface area (Å²) in [5.41, 5.74) is -4.10. The van der Waals surface area contributed by atoms with Crippen LogP contribution in [0.25, 0.3) is 10.8 Å². The number of carbonyl (C=O) groups excluding carboxylic acids is 9. The smallest absolute Gasteiger partial charge is 0.193 e. The van der Waals surface area contributed by atoms with Crippen molar-refractivity contribution in [1.29, 1.82) is 0 Å². The van der Waals surface area contributed by atoms with E-state index in [1.54, 1.807) is 62.4 Å². The first kappa shape index (κ1) is 49.2. The van der Waals surface area contributed by atoms with Crippen LogP contribution in [0.1, 0.15) is 122 Å². The van der Waals surface area contributed by atoms with Crippen LogP contribution in [-0.4, -0.2) is 52.0 Å². The zero-order chi connectivity index (χ0) is 47.5. The number of carbonyl (C=O) groups is 9. The van der Waals surface area contributed by atoms with Crippen molar-refractivity contribution in [2.75, 3.05) is 0 Å². The number of benzene rings is 4. The van der Waals surface area contributed by atoms with Gasteiger partial charge in [0.05, 0.1) is 22.2 Å². The molecule has 0 aromatic heterocycles. The minimum absolute atomic E-state index is 0.00361. The predicted molar refractivity (Wildman–Crippen MR) is 247 cm³/mol. The van der Waals surface area contributed by atoms with Gasteiger partial charge in [0.1, 0.15) is 40.5 Å². The molecule has 0 radical (unpaired) electrons. The number of Topliss-reactive ketones (excluding diaryl/α,β-unsaturated/α-hetero) is 8. The molecule has 4 atom stereocenters. The summed E-state index contributed by atoms with van der Waals surface area (Å²) in [7, 11) is 0. The summed E-state index contributed by atoms with van der Waals surface area (Å²) >= 11 is 0. The highest BCUT2D eigenvalue weighted by atomic mass is 16.2. The Hall–Kier alpha value is -5.83. The third-order valence-corrected chi connectivity index (χ3v) is 13.7. The minimum Gasteiger partial charge on any atom is -0.299 e. The van der Waals surface area contributed by atoms with E-state index in [1.165, 1.54) is 55.4 Å². The molecule has 4 aromatic carbocycles. The van der Waals surface area contributed by atoms with Crippen LogP contribution >= 0.6 is 0 Å². The fourth-order valence-electron chi connectivity index (χ4n) is 9.08. The molecule has 9 nitrogen and oxygen atoms in total. The van der Waals surface area contributed by atoms with Crippen molar-refractivity contribution in [3.8, 4) is 0 Å². The van der Waals surface area contributed by atoms with Gasteiger partial charge in [0.25, 0.3) is 0 Å². The van der Waals surface area contributed by atoms with E-state index in [0.717, 1.165) is 16.3 Å². The number of ketones is 9. The Morgan fingerprint density at radius 1 is 0.484 bits per heavy atom. The van der Waals surface area contributed by atoms with Gasteiger partial charge in [0.15, 0.2) is 11.6 Å². The first-order chi connectivity index (χ1) is 29.8. The van der Waals surface area contributed by atoms with Crippen LogP contribution in [-0.2, 0) is 51.2 Å². The Kier molecular flexibility index (Phi) is 14.7. The van der Waals surface area contributed by atoms with Crippen molar-refractivity contribution in [3.05, 3.63) is 119 Å². The molecule has 4 aromatic rings. The Bertz CT molecular complexity index is 2500. The average molecular weight is 867 g/mol. The van der Waals surface area contributed by atoms with Crippen LogP contribution in [0.15, 0.2) is 97.1 Å². The molecular weight excluding hydrogens is 805 g/mol. The van der Waals surface area contributed by atoms with Crippen molar-refractivity contribution in [1.82, 2.24) is 0 Å². The molecule has 0 heterocycles. The molecule has 64 heavy (non-hydrogen) atoms. The third kappa shape index (κ3) is 10.6. The van der Waals surface area contributed by atoms with Crippen LogP contribution in [0.3, 0.4) is 0 Å². The van der Waals surface area contributed by atoms with E-state index in [0.29, 0.717) is 16.7 Å². The second-order valence-corrected chi connectivity index (χ2v) is 20.2. The van der Waals surface area contributed by atoms with Crippen LogP contribution in [0.5, 0.6) is 0 Å². The lowest BCUT2D eigenvalue weighted by atomic mass is 9.66. The lowest BCUT2D eigenvalue weighted by molar-refractivity contribution is -0.150. The van der Waals surface area contributed by atoms with Gasteiger partial charge in [-0.25, -0.2) is 0 Å². The highest BCUT2D eigenvalue weighted by molar-refractivity contribution is 6.17. The topological polar surface area (TPSA) is 154 Å². The SMILES string of the molecule is CC1CC(=O)C(C)(C)C(=O)C(C)C(=O)C(C)(C)CC(=O)C(Cc2ccc3ccccc3c2)CC(=O)C(C)(C)C(=O)C(Cc2ccc(C(=O)c3ccccc3)cc2)CC(=O)C(C)(C)C1=O. The van der Waals surface area contributed by atoms with E-state index in [4.69, 9.17) is 0 Å². The van der Waals surface area contributed by atoms with Crippen molar-refractivity contribution in [2.45, 2.75) is 108 Å². The van der Waals surface area contributed by atoms with Crippen LogP contribution in [0, 0.1) is 45.3 Å². The summed E-state index contributed by atoms with van der Waals surface area (Å²) in [5, 5.41) is 1.92. The Balaban J connectivity index is 1.57. The highest BCUT2D eigenvalue weighted by Gasteiger charge is 2.49. The highest BCUT2D eigenvalue weighted by Crippen LogP contribution is 2.38. The Morgan fingerprint density at radius 2 is 0.953 bits per heavy atom. The van der Waals surface area contributed by atoms with Gasteiger partial charge in [-0.15, -0.1) is 0 Å². The van der Waals surface area contributed by atoms with Gasteiger partial charge < -0.3 is 0 Å². The predicted octanol–water partition coefficient (Wildman–Crippen LogP) is 9.59. The lowest BCUT2D eigenvalue weighted by Crippen LogP contribution is -2.46. The van der Waals surface area contributed by atoms with Gasteiger partial charge in [-0.2, -0.15) is 0 Å². The molecule has 0 amide bonds. The molecule has 9 heteroatoms. The van der Waals surface area contributed by atoms with Crippen LogP contribution in [0.2, 0.25) is 0 Å². The van der Waals surface area contributed by atoms with E-state index in [-0.39, 0.29) is 37.9 Å². The number of fused-ring (bicyclic) bond motifs is 1. The fraction of sp³-hybridized carbons (Fsp3) is 0.436. The molecule has 0 N–H and O–H groups in total. The molecule has 1 aliphatic rings. The molecule has 1 fully saturated rings. The van der Waals surface area contributed by atoms with Crippen molar-refractivity contribution in [3.63, 3.8) is 0 Å². The molecule has 5 rings (SSSR count). The summed E-state index contributed by atoms with van der Waals surface area (Å²) in [6.07, 6.45) is -1.29. The first-order valence-electron chi connectivity index (χ1n) is 22.2. The van der Waals surface area contributed by atoms with E-state index in [9.17, 15) is 43.2 Å². The summed E-state index contributed by atoms with van der Waals surface area (Å²) in [4.78, 5) is 128. The zero-order valence-corrected chi connectivity index (χ0v) is 39.0. The van der Waals surface area contributed by atoms with E-state index in [2.05, 4.69) is 0 Å². The summed E-state index contributed by atoms with van der Waals surface area (Å²) < 4.78 is 0. The molecule has 1 aliphatic carbocycles. The summed E-state index contributed by atoms with van der Waals surface area (Å²) in [6, 6.07) is 29.0. The molecular formula is C55H62O9. The fourth-order valence-corrected chi connectivity index (χ4v) is 9.08. The number of rotatable bonds is 6. The maximum absolute atomic E-state index is 14.9. The van der Waals surface area contributed by atoms with Crippen LogP contribution < -0.4 is 0 Å². The largest absolute Gasteiger partial charge is 0.299 e. The molecule has 0 saturated heterocycles. The Morgan fingerprint density at radius 3 is 1.56 bits per heavy atom. The molecule has 0 spiro atoms. The van der Waals surface area contributed by atoms with Gasteiger partial charge in [-0.1, -0.05) is 118 Å². The first-order valence-corrected chi connectivity index (χ1v) is 22.2. The number of hydrogen-bond donors (Lipinski definition) is 0. The van der Waals surface area contributed by atoms with Gasteiger partial charge in [-0.05, 0) is 83.2 Å². The molecule has 0 bridgehead atoms. The van der Waals surface area contributed by atoms with Crippen molar-refractivity contribution in [2.24, 2.45) is 45.3 Å². The second kappa shape index (κ2) is 19.1. The summed E-state index contributed by atoms with van der Waals surface area (Å²) in [6.45, 7) is 14.8. The van der Waals surface area contributed by atoms with E-state index >= 15 is 0 Å². The molecule has 4 unspecified atom stereocenters. The maximum atomic E-state index is 14.9. The van der Waals surface area contributed by atoms with Gasteiger partial charge >= 0.3 is 0 Å². The maximum Gasteiger partial charge on any atom is 0.193 e. The number of hydrogen-bond acceptors (Lipinski definition) is 9. The standard InChI is InChI=1S/C55H62O9/c1-33-26-44(57)54(7,8)50(63)34(2)49(62)52(3,4)32-43(56)41(29-36-22-23-37-16-14-15-19-40(37)28-36)30-45(58)55(9,10)51(64)42(31-46(59)53(5,6)48(33)61)27-35-20-24-39(25-21-35)47(60)38-17-12-11-13-18-38/h11-25,28,33-34,41-42H,26-27,29-32H2,1-10H3. The Labute approximate surface area is 377 Å². The average Bonchev–Trinajstić information content (AvgIpc) is 3.26. The molecule has 1 saturated carbocycles. The summed E-state index contributed by atoms with van der Waals surface area (Å²) in [5.74, 6) is -8.84.